The number of aromatic nitrogens is 4. The van der Waals surface area contributed by atoms with Crippen molar-refractivity contribution in [2.75, 3.05) is 37.4 Å². The molecule has 2 aromatic heterocycles. The lowest BCUT2D eigenvalue weighted by atomic mass is 10.1. The lowest BCUT2D eigenvalue weighted by Gasteiger charge is -2.19. The third-order valence-electron chi connectivity index (χ3n) is 5.39. The fourth-order valence-electron chi connectivity index (χ4n) is 3.76. The molecule has 0 bridgehead atoms. The molecular weight excluding hydrogens is 394 g/mol. The van der Waals surface area contributed by atoms with Gasteiger partial charge >= 0.3 is 5.97 Å². The summed E-state index contributed by atoms with van der Waals surface area (Å²) in [6.07, 6.45) is 6.11. The fourth-order valence-corrected chi connectivity index (χ4v) is 3.76. The van der Waals surface area contributed by atoms with Crippen molar-refractivity contribution in [2.24, 2.45) is 0 Å². The number of hydrogen-bond donors (Lipinski definition) is 2. The lowest BCUT2D eigenvalue weighted by Crippen LogP contribution is -2.32. The summed E-state index contributed by atoms with van der Waals surface area (Å²) in [5.74, 6) is 1.00. The van der Waals surface area contributed by atoms with Gasteiger partial charge in [0, 0.05) is 18.3 Å². The van der Waals surface area contributed by atoms with Gasteiger partial charge in [-0.15, -0.1) is 0 Å². The first-order chi connectivity index (χ1) is 15.1. The van der Waals surface area contributed by atoms with Gasteiger partial charge in [0.05, 0.1) is 19.9 Å². The Bertz CT molecular complexity index is 1060. The topological polar surface area (TPSA) is 105 Å². The first-order valence-electron chi connectivity index (χ1n) is 10.5. The zero-order chi connectivity index (χ0) is 21.6. The smallest absolute Gasteiger partial charge is 0.319 e. The normalized spacial score (nSPS) is 17.2. The number of likely N-dealkylation sites (tertiary alicyclic amines) is 1. The number of carbonyl (C=O) groups excluding carboxylic acids is 1. The van der Waals surface area contributed by atoms with Crippen molar-refractivity contribution in [1.29, 1.82) is 0 Å². The van der Waals surface area contributed by atoms with Crippen molar-refractivity contribution in [3.05, 3.63) is 42.4 Å². The first kappa shape index (κ1) is 20.9. The van der Waals surface area contributed by atoms with Crippen molar-refractivity contribution >= 4 is 34.5 Å². The van der Waals surface area contributed by atoms with Gasteiger partial charge in [-0.05, 0) is 50.4 Å². The van der Waals surface area contributed by atoms with E-state index in [0.29, 0.717) is 29.3 Å². The molecule has 1 aromatic carbocycles. The Hall–Kier alpha value is -3.33. The molecule has 162 valence electrons. The van der Waals surface area contributed by atoms with Crippen LogP contribution in [-0.2, 0) is 9.53 Å². The summed E-state index contributed by atoms with van der Waals surface area (Å²) in [6.45, 7) is 4.08. The van der Waals surface area contributed by atoms with E-state index in [1.807, 2.05) is 25.1 Å². The maximum Gasteiger partial charge on any atom is 0.319 e. The van der Waals surface area contributed by atoms with Gasteiger partial charge in [0.1, 0.15) is 17.4 Å². The Kier molecular flexibility index (Phi) is 6.51. The molecule has 0 radical (unpaired) electrons. The van der Waals surface area contributed by atoms with Crippen LogP contribution in [0.2, 0.25) is 0 Å². The number of fused-ring (bicyclic) bond motifs is 1. The van der Waals surface area contributed by atoms with Gasteiger partial charge in [-0.2, -0.15) is 0 Å². The molecule has 31 heavy (non-hydrogen) atoms. The van der Waals surface area contributed by atoms with Gasteiger partial charge < -0.3 is 15.4 Å². The van der Waals surface area contributed by atoms with E-state index in [2.05, 4.69) is 36.6 Å². The maximum absolute atomic E-state index is 11.6. The molecular formula is C22H27N7O2. The molecule has 9 nitrogen and oxygen atoms in total. The minimum absolute atomic E-state index is 0.196. The van der Waals surface area contributed by atoms with Crippen LogP contribution < -0.4 is 10.6 Å². The van der Waals surface area contributed by atoms with Crippen LogP contribution in [0.25, 0.3) is 11.0 Å². The van der Waals surface area contributed by atoms with E-state index >= 15 is 0 Å². The molecule has 2 N–H and O–H groups in total. The van der Waals surface area contributed by atoms with Crippen LogP contribution in [0.1, 0.15) is 24.8 Å². The fraction of sp³-hybridized carbons (Fsp3) is 0.409. The van der Waals surface area contributed by atoms with Crippen LogP contribution in [0, 0.1) is 6.92 Å². The SMILES string of the molecule is COC(=O)CN1CCCC(Nc2ncc3ncnc(Nc4cccc(C)c4)c3n2)CC1. The van der Waals surface area contributed by atoms with Crippen LogP contribution in [0.5, 0.6) is 0 Å². The molecule has 3 aromatic rings. The van der Waals surface area contributed by atoms with Gasteiger partial charge in [0.2, 0.25) is 5.95 Å². The zero-order valence-corrected chi connectivity index (χ0v) is 17.8. The molecule has 1 unspecified atom stereocenters. The average molecular weight is 422 g/mol. The monoisotopic (exact) mass is 421 g/mol. The molecule has 1 fully saturated rings. The van der Waals surface area contributed by atoms with E-state index in [4.69, 9.17) is 9.72 Å². The van der Waals surface area contributed by atoms with E-state index in [1.54, 1.807) is 6.20 Å². The number of aryl methyl sites for hydroxylation is 1. The van der Waals surface area contributed by atoms with Crippen LogP contribution in [-0.4, -0.2) is 63.6 Å². The molecule has 9 heteroatoms. The molecule has 3 heterocycles. The molecule has 1 atom stereocenters. The number of methoxy groups -OCH3 is 1. The number of nitrogens with zero attached hydrogens (tertiary/aromatic N) is 5. The zero-order valence-electron chi connectivity index (χ0n) is 17.8. The number of benzene rings is 1. The predicted octanol–water partition coefficient (Wildman–Crippen LogP) is 2.91. The second-order valence-electron chi connectivity index (χ2n) is 7.77. The molecule has 1 aliphatic heterocycles. The summed E-state index contributed by atoms with van der Waals surface area (Å²) < 4.78 is 4.78. The highest BCUT2D eigenvalue weighted by molar-refractivity contribution is 5.87. The van der Waals surface area contributed by atoms with E-state index in [-0.39, 0.29) is 12.0 Å². The number of rotatable bonds is 6. The number of anilines is 3. The highest BCUT2D eigenvalue weighted by atomic mass is 16.5. The second kappa shape index (κ2) is 9.65. The van der Waals surface area contributed by atoms with Gasteiger partial charge in [0.25, 0.3) is 0 Å². The predicted molar refractivity (Wildman–Crippen MR) is 119 cm³/mol. The molecule has 4 rings (SSSR count). The maximum atomic E-state index is 11.6. The third-order valence-corrected chi connectivity index (χ3v) is 5.39. The summed E-state index contributed by atoms with van der Waals surface area (Å²) in [4.78, 5) is 31.5. The van der Waals surface area contributed by atoms with Crippen LogP contribution in [0.3, 0.4) is 0 Å². The quantitative estimate of drug-likeness (QED) is 0.581. The lowest BCUT2D eigenvalue weighted by molar-refractivity contribution is -0.141. The Balaban J connectivity index is 1.48. The van der Waals surface area contributed by atoms with Crippen LogP contribution in [0.15, 0.2) is 36.8 Å². The van der Waals surface area contributed by atoms with Gasteiger partial charge in [-0.25, -0.2) is 19.9 Å². The Morgan fingerprint density at radius 3 is 2.97 bits per heavy atom. The highest BCUT2D eigenvalue weighted by Gasteiger charge is 2.20. The van der Waals surface area contributed by atoms with E-state index in [1.165, 1.54) is 13.4 Å². The van der Waals surface area contributed by atoms with Gasteiger partial charge in [-0.3, -0.25) is 9.69 Å². The standard InChI is InChI=1S/C22H27N7O2/c1-15-5-3-6-17(11-15)26-21-20-18(24-14-25-21)12-23-22(28-20)27-16-7-4-9-29(10-8-16)13-19(30)31-2/h3,5-6,11-12,14,16H,4,7-10,13H2,1-2H3,(H,23,27,28)(H,24,25,26). The number of esters is 1. The van der Waals surface area contributed by atoms with Crippen molar-refractivity contribution in [3.63, 3.8) is 0 Å². The number of nitrogens with one attached hydrogen (secondary N) is 2. The largest absolute Gasteiger partial charge is 0.468 e. The molecule has 0 saturated carbocycles. The van der Waals surface area contributed by atoms with Gasteiger partial charge in [0.15, 0.2) is 5.82 Å². The van der Waals surface area contributed by atoms with E-state index in [0.717, 1.165) is 43.6 Å². The summed E-state index contributed by atoms with van der Waals surface area (Å²) in [5, 5.41) is 6.79. The molecule has 0 aliphatic carbocycles. The second-order valence-corrected chi connectivity index (χ2v) is 7.77. The summed E-state index contributed by atoms with van der Waals surface area (Å²) in [7, 11) is 1.42. The van der Waals surface area contributed by atoms with E-state index < -0.39 is 0 Å². The van der Waals surface area contributed by atoms with Gasteiger partial charge in [-0.1, -0.05) is 12.1 Å². The number of hydrogen-bond acceptors (Lipinski definition) is 9. The first-order valence-corrected chi connectivity index (χ1v) is 10.5. The molecule has 1 saturated heterocycles. The van der Waals surface area contributed by atoms with Crippen molar-refractivity contribution < 1.29 is 9.53 Å². The van der Waals surface area contributed by atoms with Crippen LogP contribution >= 0.6 is 0 Å². The van der Waals surface area contributed by atoms with E-state index in [9.17, 15) is 4.79 Å². The minimum Gasteiger partial charge on any atom is -0.468 e. The Labute approximate surface area is 181 Å². The third kappa shape index (κ3) is 5.43. The highest BCUT2D eigenvalue weighted by Crippen LogP contribution is 2.23. The summed E-state index contributed by atoms with van der Waals surface area (Å²) >= 11 is 0. The number of ether oxygens (including phenoxy) is 1. The minimum atomic E-state index is -0.196. The Morgan fingerprint density at radius 1 is 1.23 bits per heavy atom. The summed E-state index contributed by atoms with van der Waals surface area (Å²) in [6, 6.07) is 8.33. The number of carbonyl (C=O) groups is 1. The van der Waals surface area contributed by atoms with Crippen molar-refractivity contribution in [3.8, 4) is 0 Å². The van der Waals surface area contributed by atoms with Crippen molar-refractivity contribution in [2.45, 2.75) is 32.2 Å². The Morgan fingerprint density at radius 2 is 2.13 bits per heavy atom. The van der Waals surface area contributed by atoms with Crippen LogP contribution in [0.4, 0.5) is 17.5 Å². The molecule has 0 amide bonds. The average Bonchev–Trinajstić information content (AvgIpc) is 2.99. The van der Waals surface area contributed by atoms with Crippen molar-refractivity contribution in [1.82, 2.24) is 24.8 Å². The molecule has 1 aliphatic rings. The molecule has 0 spiro atoms. The summed E-state index contributed by atoms with van der Waals surface area (Å²) in [5.41, 5.74) is 3.46.